The van der Waals surface area contributed by atoms with Crippen molar-refractivity contribution in [1.82, 2.24) is 4.90 Å². The third kappa shape index (κ3) is 5.17. The first-order valence-corrected chi connectivity index (χ1v) is 11.5. The molecule has 4 rings (SSSR count). The van der Waals surface area contributed by atoms with Gasteiger partial charge in [-0.1, -0.05) is 54.1 Å². The summed E-state index contributed by atoms with van der Waals surface area (Å²) in [5.74, 6) is -0.936. The molecule has 174 valence electrons. The van der Waals surface area contributed by atoms with Crippen LogP contribution in [-0.2, 0) is 9.59 Å². The molecule has 2 N–H and O–H groups in total. The molecule has 6 heteroatoms. The van der Waals surface area contributed by atoms with Crippen LogP contribution in [0.5, 0.6) is 0 Å². The Balaban J connectivity index is 1.40. The molecule has 1 heterocycles. The Morgan fingerprint density at radius 1 is 0.941 bits per heavy atom. The second-order valence-electron chi connectivity index (χ2n) is 8.88. The van der Waals surface area contributed by atoms with Crippen molar-refractivity contribution in [3.8, 4) is 0 Å². The summed E-state index contributed by atoms with van der Waals surface area (Å²) in [7, 11) is 0. The number of hydrogen-bond donors (Lipinski definition) is 2. The van der Waals surface area contributed by atoms with Crippen molar-refractivity contribution in [2.45, 2.75) is 33.2 Å². The van der Waals surface area contributed by atoms with Gasteiger partial charge in [-0.15, -0.1) is 0 Å². The van der Waals surface area contributed by atoms with Gasteiger partial charge in [0.2, 0.25) is 11.8 Å². The largest absolute Gasteiger partial charge is 0.335 e. The second kappa shape index (κ2) is 9.91. The van der Waals surface area contributed by atoms with E-state index in [9.17, 15) is 14.4 Å². The molecule has 2 atom stereocenters. The second-order valence-corrected chi connectivity index (χ2v) is 8.88. The lowest BCUT2D eigenvalue weighted by Gasteiger charge is -2.25. The number of benzene rings is 3. The van der Waals surface area contributed by atoms with E-state index in [0.717, 1.165) is 22.4 Å². The van der Waals surface area contributed by atoms with Crippen molar-refractivity contribution < 1.29 is 14.4 Å². The minimum Gasteiger partial charge on any atom is -0.335 e. The molecule has 0 unspecified atom stereocenters. The van der Waals surface area contributed by atoms with E-state index in [1.165, 1.54) is 0 Å². The normalized spacial score (nSPS) is 16.3. The van der Waals surface area contributed by atoms with Crippen LogP contribution < -0.4 is 10.6 Å². The van der Waals surface area contributed by atoms with Crippen molar-refractivity contribution >= 4 is 29.1 Å². The minimum absolute atomic E-state index is 0.0295. The first-order valence-electron chi connectivity index (χ1n) is 11.5. The van der Waals surface area contributed by atoms with Crippen molar-refractivity contribution in [2.75, 3.05) is 17.2 Å². The third-order valence-corrected chi connectivity index (χ3v) is 6.30. The van der Waals surface area contributed by atoms with Crippen LogP contribution in [0.4, 0.5) is 11.4 Å². The van der Waals surface area contributed by atoms with Crippen molar-refractivity contribution in [2.24, 2.45) is 5.92 Å². The highest BCUT2D eigenvalue weighted by Crippen LogP contribution is 2.29. The smallest absolute Gasteiger partial charge is 0.255 e. The highest BCUT2D eigenvalue weighted by atomic mass is 16.2. The predicted molar refractivity (Wildman–Crippen MR) is 134 cm³/mol. The average Bonchev–Trinajstić information content (AvgIpc) is 3.23. The Bertz CT molecular complexity index is 1220. The van der Waals surface area contributed by atoms with Crippen LogP contribution in [0.3, 0.4) is 0 Å². The lowest BCUT2D eigenvalue weighted by molar-refractivity contribution is -0.129. The van der Waals surface area contributed by atoms with Gasteiger partial charge in [-0.3, -0.25) is 14.4 Å². The molecule has 0 aliphatic carbocycles. The molecule has 1 aliphatic heterocycles. The molecule has 6 nitrogen and oxygen atoms in total. The van der Waals surface area contributed by atoms with Gasteiger partial charge < -0.3 is 15.5 Å². The van der Waals surface area contributed by atoms with E-state index < -0.39 is 5.92 Å². The number of likely N-dealkylation sites (tertiary alicyclic amines) is 1. The molecular formula is C28H29N3O3. The minimum atomic E-state index is -0.439. The predicted octanol–water partition coefficient (Wildman–Crippen LogP) is 5.10. The van der Waals surface area contributed by atoms with Gasteiger partial charge in [0.15, 0.2) is 0 Å². The Kier molecular flexibility index (Phi) is 6.77. The maximum atomic E-state index is 12.9. The van der Waals surface area contributed by atoms with E-state index in [0.29, 0.717) is 17.8 Å². The van der Waals surface area contributed by atoms with Crippen LogP contribution in [0, 0.1) is 19.8 Å². The Hall–Kier alpha value is -3.93. The van der Waals surface area contributed by atoms with E-state index in [1.54, 1.807) is 29.2 Å². The fraction of sp³-hybridized carbons (Fsp3) is 0.250. The van der Waals surface area contributed by atoms with Crippen LogP contribution in [0.1, 0.15) is 46.4 Å². The summed E-state index contributed by atoms with van der Waals surface area (Å²) in [4.78, 5) is 40.1. The Morgan fingerprint density at radius 3 is 2.44 bits per heavy atom. The van der Waals surface area contributed by atoms with E-state index in [1.807, 2.05) is 69.3 Å². The number of aryl methyl sites for hydroxylation is 2. The summed E-state index contributed by atoms with van der Waals surface area (Å²) in [5, 5.41) is 5.81. The monoisotopic (exact) mass is 455 g/mol. The van der Waals surface area contributed by atoms with Crippen molar-refractivity contribution in [3.63, 3.8) is 0 Å². The summed E-state index contributed by atoms with van der Waals surface area (Å²) < 4.78 is 0. The van der Waals surface area contributed by atoms with Gasteiger partial charge in [0, 0.05) is 29.9 Å². The molecule has 1 saturated heterocycles. The van der Waals surface area contributed by atoms with Crippen LogP contribution in [0.2, 0.25) is 0 Å². The van der Waals surface area contributed by atoms with E-state index in [2.05, 4.69) is 10.6 Å². The van der Waals surface area contributed by atoms with Gasteiger partial charge in [0.1, 0.15) is 0 Å². The van der Waals surface area contributed by atoms with Gasteiger partial charge in [0.25, 0.3) is 5.91 Å². The number of rotatable bonds is 6. The number of hydrogen-bond acceptors (Lipinski definition) is 3. The summed E-state index contributed by atoms with van der Waals surface area (Å²) in [6.45, 7) is 6.30. The van der Waals surface area contributed by atoms with Gasteiger partial charge in [0.05, 0.1) is 12.0 Å². The van der Waals surface area contributed by atoms with Crippen LogP contribution in [0.15, 0.2) is 72.8 Å². The number of nitrogens with zero attached hydrogens (tertiary/aromatic N) is 1. The number of carbonyl (C=O) groups excluding carboxylic acids is 3. The Labute approximate surface area is 200 Å². The summed E-state index contributed by atoms with van der Waals surface area (Å²) in [5.41, 5.74) is 4.88. The molecule has 3 aromatic carbocycles. The topological polar surface area (TPSA) is 78.5 Å². The third-order valence-electron chi connectivity index (χ3n) is 6.30. The van der Waals surface area contributed by atoms with Crippen LogP contribution >= 0.6 is 0 Å². The zero-order chi connectivity index (χ0) is 24.2. The maximum absolute atomic E-state index is 12.9. The van der Waals surface area contributed by atoms with Crippen molar-refractivity contribution in [3.05, 3.63) is 95.1 Å². The first-order chi connectivity index (χ1) is 16.3. The van der Waals surface area contributed by atoms with Gasteiger partial charge in [-0.25, -0.2) is 0 Å². The molecular weight excluding hydrogens is 426 g/mol. The quantitative estimate of drug-likeness (QED) is 0.543. The standard InChI is InChI=1S/C28H29N3O3/c1-18-12-13-25(19(2)14-18)30-27(33)22-10-7-11-24(15-22)29-28(34)23-16-26(32)31(17-23)20(3)21-8-5-4-6-9-21/h4-15,20,23H,16-17H2,1-3H3,(H,29,34)(H,30,33)/t20-,23-/m1/s1. The SMILES string of the molecule is Cc1ccc(NC(=O)c2cccc(NC(=O)[C@@H]3CC(=O)N([C@H](C)c4ccccc4)C3)c2)c(C)c1. The Morgan fingerprint density at radius 2 is 1.71 bits per heavy atom. The number of nitrogens with one attached hydrogen (secondary N) is 2. The lowest BCUT2D eigenvalue weighted by Crippen LogP contribution is -2.30. The molecule has 0 bridgehead atoms. The van der Waals surface area contributed by atoms with E-state index in [-0.39, 0.29) is 30.2 Å². The molecule has 1 fully saturated rings. The number of carbonyl (C=O) groups is 3. The summed E-state index contributed by atoms with van der Waals surface area (Å²) in [6.07, 6.45) is 0.176. The molecule has 3 aromatic rings. The van der Waals surface area contributed by atoms with Gasteiger partial charge >= 0.3 is 0 Å². The molecule has 1 aliphatic rings. The molecule has 0 aromatic heterocycles. The fourth-order valence-corrected chi connectivity index (χ4v) is 4.32. The zero-order valence-corrected chi connectivity index (χ0v) is 19.7. The highest BCUT2D eigenvalue weighted by molar-refractivity contribution is 6.06. The van der Waals surface area contributed by atoms with Gasteiger partial charge in [-0.05, 0) is 56.2 Å². The van der Waals surface area contributed by atoms with Crippen molar-refractivity contribution in [1.29, 1.82) is 0 Å². The molecule has 3 amide bonds. The molecule has 34 heavy (non-hydrogen) atoms. The average molecular weight is 456 g/mol. The molecule has 0 spiro atoms. The maximum Gasteiger partial charge on any atom is 0.255 e. The van der Waals surface area contributed by atoms with Crippen LogP contribution in [-0.4, -0.2) is 29.2 Å². The lowest BCUT2D eigenvalue weighted by atomic mass is 10.1. The van der Waals surface area contributed by atoms with Crippen LogP contribution in [0.25, 0.3) is 0 Å². The number of anilines is 2. The molecule has 0 radical (unpaired) electrons. The number of amides is 3. The highest BCUT2D eigenvalue weighted by Gasteiger charge is 2.37. The molecule has 0 saturated carbocycles. The first kappa shape index (κ1) is 23.2. The van der Waals surface area contributed by atoms with E-state index >= 15 is 0 Å². The summed E-state index contributed by atoms with van der Waals surface area (Å²) in [6, 6.07) is 22.4. The summed E-state index contributed by atoms with van der Waals surface area (Å²) >= 11 is 0. The van der Waals surface area contributed by atoms with Gasteiger partial charge in [-0.2, -0.15) is 0 Å². The van der Waals surface area contributed by atoms with E-state index in [4.69, 9.17) is 0 Å². The fourth-order valence-electron chi connectivity index (χ4n) is 4.32. The zero-order valence-electron chi connectivity index (χ0n) is 19.7.